The summed E-state index contributed by atoms with van der Waals surface area (Å²) in [5, 5.41) is 17.9. The van der Waals surface area contributed by atoms with Crippen molar-refractivity contribution < 1.29 is 4.74 Å². The summed E-state index contributed by atoms with van der Waals surface area (Å²) >= 11 is 0. The second-order valence-corrected chi connectivity index (χ2v) is 7.84. The van der Waals surface area contributed by atoms with Crippen LogP contribution in [0.1, 0.15) is 43.0 Å². The molecule has 158 valence electrons. The minimum Gasteiger partial charge on any atom is -0.376 e. The maximum Gasteiger partial charge on any atom is 0.192 e. The number of aliphatic imine (C=N–C) groups is 1. The van der Waals surface area contributed by atoms with Crippen molar-refractivity contribution in [2.45, 2.75) is 45.4 Å². The molecule has 2 heterocycles. The first-order valence-electron chi connectivity index (χ1n) is 10.6. The molecule has 2 atom stereocenters. The van der Waals surface area contributed by atoms with Crippen LogP contribution in [0.4, 0.5) is 0 Å². The minimum absolute atomic E-state index is 0.0908. The molecule has 0 saturated carbocycles. The monoisotopic (exact) mass is 406 g/mol. The summed E-state index contributed by atoms with van der Waals surface area (Å²) in [7, 11) is 1.96. The Morgan fingerprint density at radius 2 is 2.07 bits per heavy atom. The number of aryl methyl sites for hydroxylation is 1. The molecule has 4 rings (SSSR count). The highest BCUT2D eigenvalue weighted by Gasteiger charge is 2.17. The van der Waals surface area contributed by atoms with E-state index in [9.17, 15) is 0 Å². The van der Waals surface area contributed by atoms with Crippen molar-refractivity contribution in [2.75, 3.05) is 13.2 Å². The third kappa shape index (κ3) is 4.62. The van der Waals surface area contributed by atoms with Gasteiger partial charge in [-0.1, -0.05) is 42.5 Å². The Labute approximate surface area is 177 Å². The first kappa shape index (κ1) is 20.3. The zero-order valence-corrected chi connectivity index (χ0v) is 17.9. The molecule has 7 heteroatoms. The number of nitrogens with zero attached hydrogens (tertiary/aromatic N) is 4. The molecule has 0 radical (unpaired) electrons. The summed E-state index contributed by atoms with van der Waals surface area (Å²) in [5.74, 6) is 2.47. The van der Waals surface area contributed by atoms with Crippen molar-refractivity contribution in [3.05, 3.63) is 59.7 Å². The van der Waals surface area contributed by atoms with E-state index in [0.717, 1.165) is 43.6 Å². The largest absolute Gasteiger partial charge is 0.376 e. The highest BCUT2D eigenvalue weighted by Crippen LogP contribution is 2.24. The third-order valence-corrected chi connectivity index (χ3v) is 5.73. The number of guanidine groups is 1. The first-order valence-corrected chi connectivity index (χ1v) is 10.6. The number of hydrogen-bond donors (Lipinski definition) is 2. The Bertz CT molecular complexity index is 1020. The molecule has 0 bridgehead atoms. The van der Waals surface area contributed by atoms with E-state index in [1.165, 1.54) is 16.3 Å². The fourth-order valence-electron chi connectivity index (χ4n) is 3.82. The zero-order valence-electron chi connectivity index (χ0n) is 17.9. The summed E-state index contributed by atoms with van der Waals surface area (Å²) < 4.78 is 7.73. The van der Waals surface area contributed by atoms with E-state index in [2.05, 4.69) is 70.2 Å². The number of ether oxygens (including phenoxy) is 1. The van der Waals surface area contributed by atoms with Crippen molar-refractivity contribution in [3.63, 3.8) is 0 Å². The van der Waals surface area contributed by atoms with Crippen molar-refractivity contribution in [3.8, 4) is 0 Å². The van der Waals surface area contributed by atoms with E-state index < -0.39 is 0 Å². The molecule has 1 aromatic heterocycles. The third-order valence-electron chi connectivity index (χ3n) is 5.73. The van der Waals surface area contributed by atoms with Gasteiger partial charge in [-0.05, 0) is 43.0 Å². The summed E-state index contributed by atoms with van der Waals surface area (Å²) in [4.78, 5) is 4.79. The topological polar surface area (TPSA) is 76.4 Å². The van der Waals surface area contributed by atoms with E-state index >= 15 is 0 Å². The van der Waals surface area contributed by atoms with Gasteiger partial charge in [0.25, 0.3) is 0 Å². The Kier molecular flexibility index (Phi) is 6.28. The standard InChI is InChI=1S/C23H30N6O/c1-16(20-12-6-9-18-8-4-5-11-21(18)20)26-23(24-14-19-10-7-13-30-19)25-15-22-28-27-17(2)29(22)3/h4-6,8-9,11-12,16,19H,7,10,13-15H2,1-3H3,(H2,24,25,26). The Hall–Kier alpha value is -2.93. The Balaban J connectivity index is 1.53. The van der Waals surface area contributed by atoms with Crippen LogP contribution in [-0.2, 0) is 18.3 Å². The number of rotatable bonds is 6. The molecule has 0 amide bonds. The van der Waals surface area contributed by atoms with Gasteiger partial charge >= 0.3 is 0 Å². The summed E-state index contributed by atoms with van der Waals surface area (Å²) in [6.07, 6.45) is 2.44. The Morgan fingerprint density at radius 1 is 1.23 bits per heavy atom. The SMILES string of the molecule is Cc1nnc(CN=C(NCC2CCCO2)NC(C)c2cccc3ccccc23)n1C. The molecule has 1 aliphatic rings. The van der Waals surface area contributed by atoms with Crippen LogP contribution >= 0.6 is 0 Å². The van der Waals surface area contributed by atoms with Crippen LogP contribution in [-0.4, -0.2) is 40.0 Å². The van der Waals surface area contributed by atoms with Crippen LogP contribution in [0.2, 0.25) is 0 Å². The van der Waals surface area contributed by atoms with E-state index in [4.69, 9.17) is 9.73 Å². The zero-order chi connectivity index (χ0) is 20.9. The highest BCUT2D eigenvalue weighted by molar-refractivity contribution is 5.87. The van der Waals surface area contributed by atoms with Crippen LogP contribution in [0, 0.1) is 6.92 Å². The molecular formula is C23H30N6O. The van der Waals surface area contributed by atoms with Crippen molar-refractivity contribution >= 4 is 16.7 Å². The predicted molar refractivity (Wildman–Crippen MR) is 119 cm³/mol. The normalized spacial score (nSPS) is 18.0. The van der Waals surface area contributed by atoms with Gasteiger partial charge in [0.1, 0.15) is 12.4 Å². The number of aromatic nitrogens is 3. The smallest absolute Gasteiger partial charge is 0.192 e. The van der Waals surface area contributed by atoms with Crippen LogP contribution in [0.25, 0.3) is 10.8 Å². The number of nitrogens with one attached hydrogen (secondary N) is 2. The van der Waals surface area contributed by atoms with E-state index in [-0.39, 0.29) is 12.1 Å². The molecule has 30 heavy (non-hydrogen) atoms. The van der Waals surface area contributed by atoms with Gasteiger partial charge in [-0.25, -0.2) is 4.99 Å². The first-order chi connectivity index (χ1) is 14.6. The van der Waals surface area contributed by atoms with Crippen molar-refractivity contribution in [1.29, 1.82) is 0 Å². The van der Waals surface area contributed by atoms with Gasteiger partial charge in [-0.15, -0.1) is 10.2 Å². The highest BCUT2D eigenvalue weighted by atomic mass is 16.5. The summed E-state index contributed by atoms with van der Waals surface area (Å²) in [6.45, 7) is 6.15. The molecular weight excluding hydrogens is 376 g/mol. The quantitative estimate of drug-likeness (QED) is 0.485. The van der Waals surface area contributed by atoms with Crippen LogP contribution in [0.15, 0.2) is 47.5 Å². The van der Waals surface area contributed by atoms with E-state index in [0.29, 0.717) is 6.54 Å². The average Bonchev–Trinajstić information content (AvgIpc) is 3.40. The lowest BCUT2D eigenvalue weighted by Crippen LogP contribution is -2.42. The average molecular weight is 407 g/mol. The van der Waals surface area contributed by atoms with Crippen LogP contribution < -0.4 is 10.6 Å². The van der Waals surface area contributed by atoms with E-state index in [1.807, 2.05) is 18.5 Å². The van der Waals surface area contributed by atoms with Gasteiger partial charge in [-0.2, -0.15) is 0 Å². The van der Waals surface area contributed by atoms with E-state index in [1.54, 1.807) is 0 Å². The van der Waals surface area contributed by atoms with Gasteiger partial charge in [0.15, 0.2) is 11.8 Å². The lowest BCUT2D eigenvalue weighted by Gasteiger charge is -2.21. The lowest BCUT2D eigenvalue weighted by molar-refractivity contribution is 0.113. The maximum atomic E-state index is 5.76. The van der Waals surface area contributed by atoms with Gasteiger partial charge in [0.2, 0.25) is 0 Å². The fourth-order valence-corrected chi connectivity index (χ4v) is 3.82. The molecule has 0 spiro atoms. The van der Waals surface area contributed by atoms with Gasteiger partial charge in [0, 0.05) is 20.2 Å². The molecule has 1 fully saturated rings. The molecule has 2 unspecified atom stereocenters. The van der Waals surface area contributed by atoms with Crippen LogP contribution in [0.5, 0.6) is 0 Å². The second-order valence-electron chi connectivity index (χ2n) is 7.84. The second kappa shape index (κ2) is 9.26. The number of hydrogen-bond acceptors (Lipinski definition) is 4. The molecule has 0 aliphatic carbocycles. The van der Waals surface area contributed by atoms with Crippen molar-refractivity contribution in [1.82, 2.24) is 25.4 Å². The van der Waals surface area contributed by atoms with Gasteiger partial charge in [-0.3, -0.25) is 0 Å². The molecule has 2 aromatic carbocycles. The molecule has 1 aliphatic heterocycles. The van der Waals surface area contributed by atoms with Gasteiger partial charge < -0.3 is 19.9 Å². The molecule has 1 saturated heterocycles. The van der Waals surface area contributed by atoms with Crippen molar-refractivity contribution in [2.24, 2.45) is 12.0 Å². The minimum atomic E-state index is 0.0908. The summed E-state index contributed by atoms with van der Waals surface area (Å²) in [5.41, 5.74) is 1.24. The number of benzene rings is 2. The maximum absolute atomic E-state index is 5.76. The van der Waals surface area contributed by atoms with Gasteiger partial charge in [0.05, 0.1) is 12.1 Å². The van der Waals surface area contributed by atoms with Crippen LogP contribution in [0.3, 0.4) is 0 Å². The molecule has 7 nitrogen and oxygen atoms in total. The lowest BCUT2D eigenvalue weighted by atomic mass is 10.00. The number of fused-ring (bicyclic) bond motifs is 1. The predicted octanol–water partition coefficient (Wildman–Crippen LogP) is 3.25. The molecule has 2 N–H and O–H groups in total. The molecule has 3 aromatic rings. The fraction of sp³-hybridized carbons (Fsp3) is 0.435. The Morgan fingerprint density at radius 3 is 2.83 bits per heavy atom. The summed E-state index contributed by atoms with van der Waals surface area (Å²) in [6, 6.07) is 15.0.